The molecule has 4 nitrogen and oxygen atoms in total. The topological polar surface area (TPSA) is 52.9 Å². The summed E-state index contributed by atoms with van der Waals surface area (Å²) >= 11 is -1.45. The van der Waals surface area contributed by atoms with E-state index in [0.29, 0.717) is 0 Å². The summed E-state index contributed by atoms with van der Waals surface area (Å²) in [6.07, 6.45) is -3.33. The fourth-order valence-electron chi connectivity index (χ4n) is 1.52. The highest BCUT2D eigenvalue weighted by Gasteiger charge is 2.39. The minimum Gasteiger partial charge on any atom is -0.598 e. The van der Waals surface area contributed by atoms with Crippen molar-refractivity contribution >= 4 is 11.4 Å². The molecule has 0 aliphatic heterocycles. The maximum Gasteiger partial charge on any atom is 0.433 e. The summed E-state index contributed by atoms with van der Waals surface area (Å²) in [5.74, 6) is 0. The van der Waals surface area contributed by atoms with Crippen molar-refractivity contribution in [2.75, 3.05) is 0 Å². The molecule has 1 heterocycles. The Balaban J connectivity index is 2.99. The first-order valence-electron chi connectivity index (χ1n) is 5.71. The standard InChI is InChI=1S/C11H18F3N3OS/c1-7(16-19(18)10(2,3)4)8-6-15-17(5)9(8)11(12,13)14/h6-7,16H,1-5H3/t7-,19+/m0/s1. The minimum absolute atomic E-state index is 0.00685. The number of aromatic nitrogens is 2. The average Bonchev–Trinajstić information content (AvgIpc) is 2.57. The van der Waals surface area contributed by atoms with E-state index in [2.05, 4.69) is 9.82 Å². The van der Waals surface area contributed by atoms with Crippen LogP contribution in [0.4, 0.5) is 13.2 Å². The van der Waals surface area contributed by atoms with Gasteiger partial charge in [0.1, 0.15) is 10.4 Å². The van der Waals surface area contributed by atoms with Crippen LogP contribution in [0.5, 0.6) is 0 Å². The van der Waals surface area contributed by atoms with Crippen molar-refractivity contribution in [3.63, 3.8) is 0 Å². The van der Waals surface area contributed by atoms with Crippen LogP contribution in [-0.2, 0) is 24.6 Å². The highest BCUT2D eigenvalue weighted by Crippen LogP contribution is 2.34. The molecular weight excluding hydrogens is 279 g/mol. The van der Waals surface area contributed by atoms with Crippen molar-refractivity contribution in [2.24, 2.45) is 7.05 Å². The van der Waals surface area contributed by atoms with Crippen LogP contribution in [0.3, 0.4) is 0 Å². The number of nitrogens with zero attached hydrogens (tertiary/aromatic N) is 2. The van der Waals surface area contributed by atoms with Crippen LogP contribution in [0.15, 0.2) is 6.20 Å². The van der Waals surface area contributed by atoms with Gasteiger partial charge in [0.25, 0.3) is 0 Å². The van der Waals surface area contributed by atoms with Gasteiger partial charge in [-0.25, -0.2) is 0 Å². The van der Waals surface area contributed by atoms with Gasteiger partial charge in [0.2, 0.25) is 0 Å². The lowest BCUT2D eigenvalue weighted by Crippen LogP contribution is -2.40. The molecule has 0 aromatic carbocycles. The van der Waals surface area contributed by atoms with Crippen molar-refractivity contribution in [3.8, 4) is 0 Å². The molecule has 0 saturated heterocycles. The molecule has 0 amide bonds. The van der Waals surface area contributed by atoms with E-state index >= 15 is 0 Å². The maximum absolute atomic E-state index is 12.9. The zero-order valence-corrected chi connectivity index (χ0v) is 12.3. The first-order chi connectivity index (χ1) is 8.44. The smallest absolute Gasteiger partial charge is 0.433 e. The molecule has 0 radical (unpaired) electrons. The number of aryl methyl sites for hydroxylation is 1. The summed E-state index contributed by atoms with van der Waals surface area (Å²) in [4.78, 5) is 0. The van der Waals surface area contributed by atoms with Crippen molar-refractivity contribution < 1.29 is 17.7 Å². The Labute approximate surface area is 113 Å². The van der Waals surface area contributed by atoms with Gasteiger partial charge < -0.3 is 4.55 Å². The van der Waals surface area contributed by atoms with Crippen LogP contribution < -0.4 is 4.72 Å². The summed E-state index contributed by atoms with van der Waals surface area (Å²) < 4.78 is 53.6. The first-order valence-corrected chi connectivity index (χ1v) is 6.86. The van der Waals surface area contributed by atoms with E-state index in [4.69, 9.17) is 0 Å². The third-order valence-electron chi connectivity index (χ3n) is 2.54. The lowest BCUT2D eigenvalue weighted by molar-refractivity contribution is -0.144. The van der Waals surface area contributed by atoms with Gasteiger partial charge in [0, 0.05) is 24.0 Å². The van der Waals surface area contributed by atoms with Crippen LogP contribution in [0.25, 0.3) is 0 Å². The van der Waals surface area contributed by atoms with E-state index in [1.165, 1.54) is 14.0 Å². The summed E-state index contributed by atoms with van der Waals surface area (Å²) in [5.41, 5.74) is -0.828. The summed E-state index contributed by atoms with van der Waals surface area (Å²) in [6, 6.07) is -0.703. The van der Waals surface area contributed by atoms with Crippen LogP contribution in [0.2, 0.25) is 0 Å². The lowest BCUT2D eigenvalue weighted by atomic mass is 10.1. The fourth-order valence-corrected chi connectivity index (χ4v) is 2.32. The van der Waals surface area contributed by atoms with E-state index in [1.54, 1.807) is 20.8 Å². The molecule has 0 spiro atoms. The van der Waals surface area contributed by atoms with Gasteiger partial charge in [0.15, 0.2) is 0 Å². The zero-order chi connectivity index (χ0) is 15.0. The number of rotatable bonds is 3. The number of alkyl halides is 3. The molecule has 0 unspecified atom stereocenters. The molecule has 110 valence electrons. The molecule has 0 saturated carbocycles. The molecule has 1 aromatic heterocycles. The second-order valence-corrected chi connectivity index (χ2v) is 7.29. The van der Waals surface area contributed by atoms with Crippen molar-refractivity contribution in [1.29, 1.82) is 0 Å². The summed E-state index contributed by atoms with van der Waals surface area (Å²) in [6.45, 7) is 6.78. The second kappa shape index (κ2) is 5.34. The molecule has 19 heavy (non-hydrogen) atoms. The van der Waals surface area contributed by atoms with E-state index in [9.17, 15) is 17.7 Å². The molecule has 0 aliphatic carbocycles. The van der Waals surface area contributed by atoms with Crippen molar-refractivity contribution in [1.82, 2.24) is 14.5 Å². The van der Waals surface area contributed by atoms with Gasteiger partial charge in [0.05, 0.1) is 12.2 Å². The van der Waals surface area contributed by atoms with E-state index < -0.39 is 34.0 Å². The molecule has 1 aromatic rings. The van der Waals surface area contributed by atoms with Crippen molar-refractivity contribution in [3.05, 3.63) is 17.5 Å². The second-order valence-electron chi connectivity index (χ2n) is 5.29. The molecule has 1 N–H and O–H groups in total. The van der Waals surface area contributed by atoms with Gasteiger partial charge in [-0.05, 0) is 27.7 Å². The Morgan fingerprint density at radius 2 is 1.89 bits per heavy atom. The predicted molar refractivity (Wildman–Crippen MR) is 67.7 cm³/mol. The number of hydrogen-bond donors (Lipinski definition) is 1. The van der Waals surface area contributed by atoms with Gasteiger partial charge in [-0.1, -0.05) is 0 Å². The Hall–Kier alpha value is -0.730. The number of hydrogen-bond acceptors (Lipinski definition) is 3. The number of nitrogens with one attached hydrogen (secondary N) is 1. The highest BCUT2D eigenvalue weighted by molar-refractivity contribution is 7.90. The zero-order valence-electron chi connectivity index (χ0n) is 11.5. The fraction of sp³-hybridized carbons (Fsp3) is 0.727. The van der Waals surface area contributed by atoms with Gasteiger partial charge in [-0.2, -0.15) is 18.3 Å². The molecule has 1 rings (SSSR count). The summed E-state index contributed by atoms with van der Waals surface area (Å²) in [7, 11) is 1.24. The molecule has 8 heteroatoms. The number of halogens is 3. The van der Waals surface area contributed by atoms with Gasteiger partial charge in [-0.3, -0.25) is 4.68 Å². The van der Waals surface area contributed by atoms with Crippen LogP contribution in [0.1, 0.15) is 45.0 Å². The first kappa shape index (κ1) is 16.3. The highest BCUT2D eigenvalue weighted by atomic mass is 32.2. The van der Waals surface area contributed by atoms with Crippen LogP contribution in [0, 0.1) is 0 Å². The average molecular weight is 297 g/mol. The monoisotopic (exact) mass is 297 g/mol. The normalized spacial score (nSPS) is 16.5. The Kier molecular flexibility index (Phi) is 4.58. The Morgan fingerprint density at radius 1 is 1.37 bits per heavy atom. The van der Waals surface area contributed by atoms with E-state index in [1.807, 2.05) is 0 Å². The molecule has 0 fully saturated rings. The molecule has 0 bridgehead atoms. The third-order valence-corrected chi connectivity index (χ3v) is 4.22. The summed E-state index contributed by atoms with van der Waals surface area (Å²) in [5, 5.41) is 3.63. The van der Waals surface area contributed by atoms with Crippen molar-refractivity contribution in [2.45, 2.75) is 44.7 Å². The lowest BCUT2D eigenvalue weighted by Gasteiger charge is -2.26. The third kappa shape index (κ3) is 3.87. The largest absolute Gasteiger partial charge is 0.598 e. The Bertz CT molecular complexity index is 439. The minimum atomic E-state index is -4.49. The van der Waals surface area contributed by atoms with E-state index in [-0.39, 0.29) is 5.56 Å². The van der Waals surface area contributed by atoms with Crippen LogP contribution in [-0.4, -0.2) is 19.1 Å². The molecule has 0 aliphatic rings. The SMILES string of the molecule is C[C@H](N[S@+]([O-])C(C)(C)C)c1cnn(C)c1C(F)(F)F. The van der Waals surface area contributed by atoms with E-state index in [0.717, 1.165) is 10.9 Å². The van der Waals surface area contributed by atoms with Gasteiger partial charge >= 0.3 is 6.18 Å². The Morgan fingerprint density at radius 3 is 2.32 bits per heavy atom. The maximum atomic E-state index is 12.9. The quantitative estimate of drug-likeness (QED) is 0.872. The molecule has 2 atom stereocenters. The van der Waals surface area contributed by atoms with Crippen LogP contribution >= 0.6 is 0 Å². The van der Waals surface area contributed by atoms with Gasteiger partial charge in [-0.15, -0.1) is 4.72 Å². The predicted octanol–water partition coefficient (Wildman–Crippen LogP) is 2.55. The molecular formula is C11H18F3N3OS.